The van der Waals surface area contributed by atoms with Gasteiger partial charge >= 0.3 is 5.97 Å². The first kappa shape index (κ1) is 18.4. The SMILES string of the molecule is COc1ccc(-c2c(C(=O)O)sc3c2NC(=O)C[C@]32C(=O)Nc3ccccc32)cc1. The number of para-hydroxylation sites is 1. The monoisotopic (exact) mass is 420 g/mol. The van der Waals surface area contributed by atoms with Gasteiger partial charge in [0.05, 0.1) is 24.1 Å². The number of carboxylic acid groups (broad SMARTS) is 1. The molecule has 0 aliphatic carbocycles. The lowest BCUT2D eigenvalue weighted by molar-refractivity contribution is -0.125. The average molecular weight is 420 g/mol. The van der Waals surface area contributed by atoms with E-state index in [2.05, 4.69) is 10.6 Å². The van der Waals surface area contributed by atoms with Gasteiger partial charge in [0.2, 0.25) is 11.8 Å². The Morgan fingerprint density at radius 2 is 1.83 bits per heavy atom. The number of anilines is 2. The van der Waals surface area contributed by atoms with Gasteiger partial charge in [0.15, 0.2) is 0 Å². The lowest BCUT2D eigenvalue weighted by Crippen LogP contribution is -2.42. The van der Waals surface area contributed by atoms with E-state index in [0.29, 0.717) is 38.7 Å². The third-order valence-corrected chi connectivity index (χ3v) is 6.92. The third-order valence-electron chi connectivity index (χ3n) is 5.58. The molecule has 2 aliphatic rings. The largest absolute Gasteiger partial charge is 0.497 e. The molecule has 3 aromatic rings. The fourth-order valence-corrected chi connectivity index (χ4v) is 5.57. The van der Waals surface area contributed by atoms with E-state index in [9.17, 15) is 19.5 Å². The molecule has 2 aromatic carbocycles. The topological polar surface area (TPSA) is 105 Å². The Balaban J connectivity index is 1.81. The molecule has 3 heterocycles. The lowest BCUT2D eigenvalue weighted by Gasteiger charge is -2.31. The van der Waals surface area contributed by atoms with E-state index in [1.54, 1.807) is 37.4 Å². The highest BCUT2D eigenvalue weighted by Gasteiger charge is 2.55. The maximum absolute atomic E-state index is 13.2. The molecule has 1 aromatic heterocycles. The Kier molecular flexibility index (Phi) is 3.94. The second-order valence-electron chi connectivity index (χ2n) is 7.17. The minimum absolute atomic E-state index is 0.0731. The molecule has 5 rings (SSSR count). The molecule has 2 aliphatic heterocycles. The van der Waals surface area contributed by atoms with Crippen LogP contribution in [0.4, 0.5) is 11.4 Å². The van der Waals surface area contributed by atoms with Gasteiger partial charge in [-0.2, -0.15) is 0 Å². The summed E-state index contributed by atoms with van der Waals surface area (Å²) >= 11 is 1.03. The van der Waals surface area contributed by atoms with Gasteiger partial charge < -0.3 is 20.5 Å². The first-order valence-corrected chi connectivity index (χ1v) is 10.0. The standard InChI is InChI=1S/C22H16N2O5S/c1-29-12-8-6-11(7-9-12)16-17-19(30-18(16)20(26)27)22(10-15(25)24-17)13-4-2-3-5-14(13)23-21(22)28/h2-9H,10H2,1H3,(H,23,28)(H,24,25)(H,26,27)/t22-/m1/s1. The number of benzene rings is 2. The van der Waals surface area contributed by atoms with Crippen LogP contribution in [0.1, 0.15) is 26.5 Å². The van der Waals surface area contributed by atoms with Gasteiger partial charge in [-0.05, 0) is 29.3 Å². The maximum atomic E-state index is 13.2. The zero-order valence-electron chi connectivity index (χ0n) is 15.8. The third kappa shape index (κ3) is 2.40. The summed E-state index contributed by atoms with van der Waals surface area (Å²) in [6, 6.07) is 14.1. The summed E-state index contributed by atoms with van der Waals surface area (Å²) in [5.74, 6) is -1.14. The fourth-order valence-electron chi connectivity index (χ4n) is 4.26. The molecule has 1 atom stereocenters. The van der Waals surface area contributed by atoms with Gasteiger partial charge in [-0.3, -0.25) is 9.59 Å². The highest BCUT2D eigenvalue weighted by Crippen LogP contribution is 2.56. The van der Waals surface area contributed by atoms with Crippen molar-refractivity contribution < 1.29 is 24.2 Å². The normalized spacial score (nSPS) is 19.1. The number of hydrogen-bond donors (Lipinski definition) is 3. The van der Waals surface area contributed by atoms with Crippen molar-refractivity contribution in [3.05, 3.63) is 63.8 Å². The summed E-state index contributed by atoms with van der Waals surface area (Å²) in [4.78, 5) is 38.7. The number of amides is 2. The maximum Gasteiger partial charge on any atom is 0.346 e. The Bertz CT molecular complexity index is 1230. The van der Waals surface area contributed by atoms with Crippen LogP contribution in [0.25, 0.3) is 11.1 Å². The summed E-state index contributed by atoms with van der Waals surface area (Å²) < 4.78 is 5.19. The molecule has 0 radical (unpaired) electrons. The average Bonchev–Trinajstić information content (AvgIpc) is 3.25. The van der Waals surface area contributed by atoms with Gasteiger partial charge in [-0.25, -0.2) is 4.79 Å². The Morgan fingerprint density at radius 1 is 1.10 bits per heavy atom. The van der Waals surface area contributed by atoms with Crippen molar-refractivity contribution in [1.29, 1.82) is 0 Å². The summed E-state index contributed by atoms with van der Waals surface area (Å²) in [5, 5.41) is 15.6. The molecule has 150 valence electrons. The van der Waals surface area contributed by atoms with Gasteiger partial charge in [-0.1, -0.05) is 30.3 Å². The quantitative estimate of drug-likeness (QED) is 0.599. The molecule has 30 heavy (non-hydrogen) atoms. The van der Waals surface area contributed by atoms with Gasteiger partial charge in [-0.15, -0.1) is 11.3 Å². The smallest absolute Gasteiger partial charge is 0.346 e. The lowest BCUT2D eigenvalue weighted by atomic mass is 9.74. The van der Waals surface area contributed by atoms with Crippen LogP contribution >= 0.6 is 11.3 Å². The first-order chi connectivity index (χ1) is 14.5. The molecular weight excluding hydrogens is 404 g/mol. The number of carbonyl (C=O) groups excluding carboxylic acids is 2. The van der Waals surface area contributed by atoms with E-state index < -0.39 is 11.4 Å². The number of carbonyl (C=O) groups is 3. The second kappa shape index (κ2) is 6.43. The predicted octanol–water partition coefficient (Wildman–Crippen LogP) is 3.70. The number of methoxy groups -OCH3 is 1. The molecule has 8 heteroatoms. The highest BCUT2D eigenvalue weighted by atomic mass is 32.1. The van der Waals surface area contributed by atoms with Crippen molar-refractivity contribution in [2.24, 2.45) is 0 Å². The number of rotatable bonds is 3. The minimum Gasteiger partial charge on any atom is -0.497 e. The Morgan fingerprint density at radius 3 is 2.53 bits per heavy atom. The first-order valence-electron chi connectivity index (χ1n) is 9.21. The fraction of sp³-hybridized carbons (Fsp3) is 0.136. The number of carboxylic acids is 1. The van der Waals surface area contributed by atoms with E-state index in [-0.39, 0.29) is 23.1 Å². The number of hydrogen-bond acceptors (Lipinski definition) is 5. The summed E-state index contributed by atoms with van der Waals surface area (Å²) in [6.45, 7) is 0. The molecule has 0 saturated carbocycles. The van der Waals surface area contributed by atoms with Crippen molar-refractivity contribution in [3.63, 3.8) is 0 Å². The van der Waals surface area contributed by atoms with E-state index in [0.717, 1.165) is 11.3 Å². The molecule has 0 unspecified atom stereocenters. The van der Waals surface area contributed by atoms with E-state index in [4.69, 9.17) is 4.74 Å². The Labute approximate surface area is 175 Å². The van der Waals surface area contributed by atoms with Crippen LogP contribution in [0.3, 0.4) is 0 Å². The van der Waals surface area contributed by atoms with Crippen LogP contribution in [-0.4, -0.2) is 30.0 Å². The van der Waals surface area contributed by atoms with Crippen molar-refractivity contribution in [1.82, 2.24) is 0 Å². The van der Waals surface area contributed by atoms with Gasteiger partial charge in [0.25, 0.3) is 0 Å². The van der Waals surface area contributed by atoms with Crippen molar-refractivity contribution in [3.8, 4) is 16.9 Å². The second-order valence-corrected chi connectivity index (χ2v) is 8.19. The van der Waals surface area contributed by atoms with Crippen LogP contribution in [-0.2, 0) is 15.0 Å². The zero-order valence-corrected chi connectivity index (χ0v) is 16.6. The number of fused-ring (bicyclic) bond motifs is 4. The number of nitrogens with one attached hydrogen (secondary N) is 2. The van der Waals surface area contributed by atoms with Crippen LogP contribution in [0.15, 0.2) is 48.5 Å². The van der Waals surface area contributed by atoms with E-state index >= 15 is 0 Å². The minimum atomic E-state index is -1.24. The number of ether oxygens (including phenoxy) is 1. The molecule has 0 bridgehead atoms. The van der Waals surface area contributed by atoms with Crippen molar-refractivity contribution in [2.75, 3.05) is 17.7 Å². The summed E-state index contributed by atoms with van der Waals surface area (Å²) in [6.07, 6.45) is -0.0789. The van der Waals surface area contributed by atoms with Crippen LogP contribution < -0.4 is 15.4 Å². The molecule has 3 N–H and O–H groups in total. The predicted molar refractivity (Wildman–Crippen MR) is 112 cm³/mol. The number of thiophene rings is 1. The van der Waals surface area contributed by atoms with E-state index in [1.165, 1.54) is 0 Å². The number of aromatic carboxylic acids is 1. The highest BCUT2D eigenvalue weighted by molar-refractivity contribution is 7.15. The van der Waals surface area contributed by atoms with Gasteiger partial charge in [0, 0.05) is 11.3 Å². The van der Waals surface area contributed by atoms with Crippen LogP contribution in [0.5, 0.6) is 5.75 Å². The zero-order chi connectivity index (χ0) is 21.0. The van der Waals surface area contributed by atoms with Crippen LogP contribution in [0.2, 0.25) is 0 Å². The summed E-state index contributed by atoms with van der Waals surface area (Å²) in [5.41, 5.74) is 1.48. The molecule has 1 spiro atoms. The van der Waals surface area contributed by atoms with Crippen molar-refractivity contribution in [2.45, 2.75) is 11.8 Å². The summed E-state index contributed by atoms with van der Waals surface area (Å²) in [7, 11) is 1.55. The van der Waals surface area contributed by atoms with Crippen molar-refractivity contribution >= 4 is 40.5 Å². The van der Waals surface area contributed by atoms with Crippen LogP contribution in [0, 0.1) is 0 Å². The Hall–Kier alpha value is -3.65. The molecule has 2 amide bonds. The molecule has 7 nitrogen and oxygen atoms in total. The molecule has 0 saturated heterocycles. The molecule has 0 fully saturated rings. The van der Waals surface area contributed by atoms with E-state index in [1.807, 2.05) is 18.2 Å². The molecular formula is C22H16N2O5S. The van der Waals surface area contributed by atoms with Gasteiger partial charge in [0.1, 0.15) is 16.0 Å².